The van der Waals surface area contributed by atoms with Gasteiger partial charge < -0.3 is 19.3 Å². The van der Waals surface area contributed by atoms with Gasteiger partial charge in [-0.2, -0.15) is 0 Å². The Kier molecular flexibility index (Phi) is 29.7. The normalized spacial score (nSPS) is 11.4. The van der Waals surface area contributed by atoms with Gasteiger partial charge in [0.1, 0.15) is 0 Å². The molecule has 0 aromatic heterocycles. The second-order valence-electron chi connectivity index (χ2n) is 8.92. The van der Waals surface area contributed by atoms with Crippen molar-refractivity contribution in [1.82, 2.24) is 0 Å². The number of aliphatic hydroxyl groups is 1. The van der Waals surface area contributed by atoms with Gasteiger partial charge in [-0.25, -0.2) is 0 Å². The lowest BCUT2D eigenvalue weighted by molar-refractivity contribution is 0.00719. The van der Waals surface area contributed by atoms with Crippen LogP contribution >= 0.6 is 0 Å². The zero-order valence-corrected chi connectivity index (χ0v) is 21.1. The number of rotatable bonds is 28. The van der Waals surface area contributed by atoms with E-state index in [-0.39, 0.29) is 6.61 Å². The van der Waals surface area contributed by atoms with E-state index in [0.717, 1.165) is 6.61 Å². The summed E-state index contributed by atoms with van der Waals surface area (Å²) in [6.07, 6.45) is 26.8. The standard InChI is InChI=1S/C27H56O4/c1-2-3-4-5-6-7-8-9-10-11-12-13-14-15-16-17-18-19-20-22-29-24-26-31-27-25-30-23-21-28/h28H,2-27H2,1H3. The highest BCUT2D eigenvalue weighted by Gasteiger charge is 1.96. The highest BCUT2D eigenvalue weighted by atomic mass is 16.5. The topological polar surface area (TPSA) is 47.9 Å². The summed E-state index contributed by atoms with van der Waals surface area (Å²) >= 11 is 0. The van der Waals surface area contributed by atoms with Crippen molar-refractivity contribution in [2.45, 2.75) is 129 Å². The van der Waals surface area contributed by atoms with Gasteiger partial charge in [-0.15, -0.1) is 0 Å². The first-order valence-electron chi connectivity index (χ1n) is 13.8. The predicted molar refractivity (Wildman–Crippen MR) is 133 cm³/mol. The quantitative estimate of drug-likeness (QED) is 0.127. The van der Waals surface area contributed by atoms with Crippen LogP contribution in [0.5, 0.6) is 0 Å². The Morgan fingerprint density at radius 3 is 1.00 bits per heavy atom. The maximum absolute atomic E-state index is 8.57. The zero-order chi connectivity index (χ0) is 22.5. The molecule has 0 aromatic carbocycles. The van der Waals surface area contributed by atoms with Crippen molar-refractivity contribution >= 4 is 0 Å². The van der Waals surface area contributed by atoms with Gasteiger partial charge in [0.05, 0.1) is 39.6 Å². The van der Waals surface area contributed by atoms with E-state index in [1.165, 1.54) is 122 Å². The maximum atomic E-state index is 8.57. The van der Waals surface area contributed by atoms with Gasteiger partial charge in [-0.1, -0.05) is 122 Å². The molecule has 0 fully saturated rings. The third-order valence-corrected chi connectivity index (χ3v) is 5.87. The smallest absolute Gasteiger partial charge is 0.0701 e. The van der Waals surface area contributed by atoms with Crippen molar-refractivity contribution in [1.29, 1.82) is 0 Å². The molecule has 0 radical (unpaired) electrons. The van der Waals surface area contributed by atoms with Gasteiger partial charge in [-0.3, -0.25) is 0 Å². The Morgan fingerprint density at radius 1 is 0.355 bits per heavy atom. The van der Waals surface area contributed by atoms with Gasteiger partial charge in [0.2, 0.25) is 0 Å². The van der Waals surface area contributed by atoms with Crippen molar-refractivity contribution in [3.8, 4) is 0 Å². The van der Waals surface area contributed by atoms with Crippen LogP contribution in [0.1, 0.15) is 129 Å². The molecule has 188 valence electrons. The average molecular weight is 445 g/mol. The summed E-state index contributed by atoms with van der Waals surface area (Å²) in [5.41, 5.74) is 0. The summed E-state index contributed by atoms with van der Waals surface area (Å²) in [6, 6.07) is 0. The number of hydrogen-bond acceptors (Lipinski definition) is 4. The molecule has 0 aromatic rings. The number of hydrogen-bond donors (Lipinski definition) is 1. The Hall–Kier alpha value is -0.160. The van der Waals surface area contributed by atoms with Crippen molar-refractivity contribution in [3.63, 3.8) is 0 Å². The molecule has 0 bridgehead atoms. The molecule has 0 unspecified atom stereocenters. The van der Waals surface area contributed by atoms with Crippen LogP contribution in [0.4, 0.5) is 0 Å². The molecule has 4 nitrogen and oxygen atoms in total. The van der Waals surface area contributed by atoms with E-state index >= 15 is 0 Å². The summed E-state index contributed by atoms with van der Waals surface area (Å²) in [7, 11) is 0. The van der Waals surface area contributed by atoms with E-state index in [1.807, 2.05) is 0 Å². The van der Waals surface area contributed by atoms with Crippen LogP contribution < -0.4 is 0 Å². The Labute approximate surface area is 194 Å². The zero-order valence-electron chi connectivity index (χ0n) is 21.1. The molecule has 1 N–H and O–H groups in total. The molecule has 0 aliphatic rings. The first-order chi connectivity index (χ1) is 15.4. The van der Waals surface area contributed by atoms with E-state index in [4.69, 9.17) is 19.3 Å². The highest BCUT2D eigenvalue weighted by molar-refractivity contribution is 4.50. The van der Waals surface area contributed by atoms with Crippen molar-refractivity contribution in [2.75, 3.05) is 46.2 Å². The molecule has 0 spiro atoms. The molecule has 0 heterocycles. The van der Waals surface area contributed by atoms with Crippen molar-refractivity contribution in [2.24, 2.45) is 0 Å². The lowest BCUT2D eigenvalue weighted by atomic mass is 10.0. The monoisotopic (exact) mass is 444 g/mol. The highest BCUT2D eigenvalue weighted by Crippen LogP contribution is 2.14. The number of aliphatic hydroxyl groups excluding tert-OH is 1. The van der Waals surface area contributed by atoms with Gasteiger partial charge >= 0.3 is 0 Å². The molecule has 0 atom stereocenters. The van der Waals surface area contributed by atoms with Gasteiger partial charge in [0.15, 0.2) is 0 Å². The van der Waals surface area contributed by atoms with E-state index in [9.17, 15) is 0 Å². The largest absolute Gasteiger partial charge is 0.394 e. The van der Waals surface area contributed by atoms with Crippen LogP contribution in [0.25, 0.3) is 0 Å². The minimum absolute atomic E-state index is 0.0720. The Balaban J connectivity index is 2.98. The second kappa shape index (κ2) is 29.8. The maximum Gasteiger partial charge on any atom is 0.0701 e. The molecule has 0 aliphatic carbocycles. The van der Waals surface area contributed by atoms with Gasteiger partial charge in [0.25, 0.3) is 0 Å². The van der Waals surface area contributed by atoms with Crippen LogP contribution in [0, 0.1) is 0 Å². The summed E-state index contributed by atoms with van der Waals surface area (Å²) in [5.74, 6) is 0. The molecule has 0 amide bonds. The fourth-order valence-corrected chi connectivity index (χ4v) is 3.89. The van der Waals surface area contributed by atoms with E-state index in [1.54, 1.807) is 0 Å². The van der Waals surface area contributed by atoms with Crippen LogP contribution in [0.15, 0.2) is 0 Å². The first-order valence-corrected chi connectivity index (χ1v) is 13.8. The molecule has 4 heteroatoms. The Morgan fingerprint density at radius 2 is 0.645 bits per heavy atom. The SMILES string of the molecule is CCCCCCCCCCCCCCCCCCCCCOCCOCCOCCO. The predicted octanol–water partition coefficient (Wildman–Crippen LogP) is 7.46. The summed E-state index contributed by atoms with van der Waals surface area (Å²) in [6.45, 7) is 6.01. The fourth-order valence-electron chi connectivity index (χ4n) is 3.89. The molecular formula is C27H56O4. The minimum Gasteiger partial charge on any atom is -0.394 e. The van der Waals surface area contributed by atoms with Gasteiger partial charge in [0, 0.05) is 6.61 Å². The van der Waals surface area contributed by atoms with E-state index in [2.05, 4.69) is 6.92 Å². The minimum atomic E-state index is 0.0720. The lowest BCUT2D eigenvalue weighted by Crippen LogP contribution is -2.11. The third-order valence-electron chi connectivity index (χ3n) is 5.87. The Bertz CT molecular complexity index is 271. The molecule has 0 saturated heterocycles. The van der Waals surface area contributed by atoms with Crippen LogP contribution in [-0.2, 0) is 14.2 Å². The average Bonchev–Trinajstić information content (AvgIpc) is 2.78. The van der Waals surface area contributed by atoms with Crippen LogP contribution in [-0.4, -0.2) is 51.4 Å². The lowest BCUT2D eigenvalue weighted by Gasteiger charge is -2.06. The summed E-state index contributed by atoms with van der Waals surface area (Å²) in [4.78, 5) is 0. The van der Waals surface area contributed by atoms with Crippen molar-refractivity contribution < 1.29 is 19.3 Å². The first kappa shape index (κ1) is 30.8. The fraction of sp³-hybridized carbons (Fsp3) is 1.00. The molecule has 0 aliphatic heterocycles. The van der Waals surface area contributed by atoms with E-state index < -0.39 is 0 Å². The second-order valence-corrected chi connectivity index (χ2v) is 8.92. The van der Waals surface area contributed by atoms with E-state index in [0.29, 0.717) is 33.0 Å². The third kappa shape index (κ3) is 29.8. The molecule has 31 heavy (non-hydrogen) atoms. The summed E-state index contributed by atoms with van der Waals surface area (Å²) < 4.78 is 16.1. The number of ether oxygens (including phenoxy) is 3. The van der Waals surface area contributed by atoms with Crippen molar-refractivity contribution in [3.05, 3.63) is 0 Å². The summed E-state index contributed by atoms with van der Waals surface area (Å²) in [5, 5.41) is 8.57. The van der Waals surface area contributed by atoms with Gasteiger partial charge in [-0.05, 0) is 6.42 Å². The molecule has 0 saturated carbocycles. The molecular weight excluding hydrogens is 388 g/mol. The van der Waals surface area contributed by atoms with Crippen LogP contribution in [0.3, 0.4) is 0 Å². The number of unbranched alkanes of at least 4 members (excludes halogenated alkanes) is 18. The van der Waals surface area contributed by atoms with Crippen LogP contribution in [0.2, 0.25) is 0 Å². The molecule has 0 rings (SSSR count).